The van der Waals surface area contributed by atoms with Gasteiger partial charge in [0, 0.05) is 38.1 Å². The first kappa shape index (κ1) is 17.6. The van der Waals surface area contributed by atoms with Crippen molar-refractivity contribution in [1.82, 2.24) is 5.32 Å². The summed E-state index contributed by atoms with van der Waals surface area (Å²) in [6, 6.07) is 13.0. The summed E-state index contributed by atoms with van der Waals surface area (Å²) in [5.74, 6) is -0.225. The summed E-state index contributed by atoms with van der Waals surface area (Å²) in [7, 11) is 3.96. The van der Waals surface area contributed by atoms with Crippen LogP contribution in [0.4, 0.5) is 11.4 Å². The van der Waals surface area contributed by atoms with Crippen LogP contribution in [0.25, 0.3) is 0 Å². The van der Waals surface area contributed by atoms with Gasteiger partial charge in [-0.1, -0.05) is 12.1 Å². The molecule has 7 nitrogen and oxygen atoms in total. The molecule has 2 N–H and O–H groups in total. The number of benzene rings is 2. The number of anilines is 2. The quantitative estimate of drug-likeness (QED) is 0.799. The van der Waals surface area contributed by atoms with E-state index >= 15 is 0 Å². The lowest BCUT2D eigenvalue weighted by atomic mass is 10.1. The summed E-state index contributed by atoms with van der Waals surface area (Å²) >= 11 is 0. The Labute approximate surface area is 151 Å². The molecule has 0 saturated carbocycles. The molecule has 1 heterocycles. The van der Waals surface area contributed by atoms with Crippen LogP contribution in [0, 0.1) is 0 Å². The van der Waals surface area contributed by atoms with Gasteiger partial charge in [-0.2, -0.15) is 0 Å². The van der Waals surface area contributed by atoms with Gasteiger partial charge in [-0.15, -0.1) is 0 Å². The normalized spacial score (nSPS) is 11.8. The number of fused-ring (bicyclic) bond motifs is 1. The lowest BCUT2D eigenvalue weighted by Gasteiger charge is -2.12. The van der Waals surface area contributed by atoms with Crippen molar-refractivity contribution >= 4 is 23.2 Å². The van der Waals surface area contributed by atoms with Gasteiger partial charge in [0.05, 0.1) is 0 Å². The average molecular weight is 355 g/mol. The molecule has 136 valence electrons. The van der Waals surface area contributed by atoms with Crippen LogP contribution in [0.1, 0.15) is 5.56 Å². The van der Waals surface area contributed by atoms with E-state index in [0.29, 0.717) is 30.2 Å². The number of ether oxygens (including phenoxy) is 2. The summed E-state index contributed by atoms with van der Waals surface area (Å²) < 4.78 is 10.4. The topological polar surface area (TPSA) is 79.9 Å². The highest BCUT2D eigenvalue weighted by Gasteiger charge is 2.17. The Kier molecular flexibility index (Phi) is 5.26. The van der Waals surface area contributed by atoms with Crippen molar-refractivity contribution in [3.05, 3.63) is 48.0 Å². The van der Waals surface area contributed by atoms with E-state index in [1.807, 2.05) is 43.3 Å². The van der Waals surface area contributed by atoms with Gasteiger partial charge in [0.15, 0.2) is 11.5 Å². The molecule has 0 aliphatic carbocycles. The van der Waals surface area contributed by atoms with Crippen LogP contribution >= 0.6 is 0 Å². The first-order chi connectivity index (χ1) is 12.5. The van der Waals surface area contributed by atoms with Crippen LogP contribution in [0.2, 0.25) is 0 Å². The van der Waals surface area contributed by atoms with E-state index in [-0.39, 0.29) is 6.79 Å². The first-order valence-corrected chi connectivity index (χ1v) is 8.28. The largest absolute Gasteiger partial charge is 0.454 e. The number of nitrogens with zero attached hydrogens (tertiary/aromatic N) is 1. The van der Waals surface area contributed by atoms with E-state index in [1.165, 1.54) is 0 Å². The second-order valence-corrected chi connectivity index (χ2v) is 6.09. The minimum absolute atomic E-state index is 0.155. The van der Waals surface area contributed by atoms with Crippen molar-refractivity contribution in [3.63, 3.8) is 0 Å². The Balaban J connectivity index is 1.46. The second kappa shape index (κ2) is 7.77. The van der Waals surface area contributed by atoms with Crippen LogP contribution < -0.4 is 25.0 Å². The smallest absolute Gasteiger partial charge is 0.313 e. The highest BCUT2D eigenvalue weighted by molar-refractivity contribution is 6.39. The van der Waals surface area contributed by atoms with E-state index < -0.39 is 11.8 Å². The maximum Gasteiger partial charge on any atom is 0.313 e. The van der Waals surface area contributed by atoms with Gasteiger partial charge >= 0.3 is 11.8 Å². The zero-order valence-electron chi connectivity index (χ0n) is 14.7. The van der Waals surface area contributed by atoms with Gasteiger partial charge in [0.2, 0.25) is 6.79 Å². The van der Waals surface area contributed by atoms with Crippen LogP contribution in [0.5, 0.6) is 11.5 Å². The number of carbonyl (C=O) groups excluding carboxylic acids is 2. The van der Waals surface area contributed by atoms with E-state index in [9.17, 15) is 9.59 Å². The molecule has 2 aromatic carbocycles. The molecule has 1 aliphatic rings. The highest BCUT2D eigenvalue weighted by atomic mass is 16.7. The summed E-state index contributed by atoms with van der Waals surface area (Å²) in [5.41, 5.74) is 2.68. The molecule has 2 aromatic rings. The standard InChI is InChI=1S/C19H21N3O4/c1-22(2)15-6-3-13(4-7-15)9-10-20-18(23)19(24)21-14-5-8-16-17(11-14)26-12-25-16/h3-8,11H,9-10,12H2,1-2H3,(H,20,23)(H,21,24). The minimum Gasteiger partial charge on any atom is -0.454 e. The van der Waals surface area contributed by atoms with Crippen molar-refractivity contribution in [2.24, 2.45) is 0 Å². The fourth-order valence-electron chi connectivity index (χ4n) is 2.52. The van der Waals surface area contributed by atoms with Gasteiger partial charge in [-0.25, -0.2) is 0 Å². The molecule has 26 heavy (non-hydrogen) atoms. The van der Waals surface area contributed by atoms with Gasteiger partial charge in [-0.3, -0.25) is 9.59 Å². The number of rotatable bonds is 5. The van der Waals surface area contributed by atoms with Crippen molar-refractivity contribution in [3.8, 4) is 11.5 Å². The maximum absolute atomic E-state index is 12.0. The number of amides is 2. The Hall–Kier alpha value is -3.22. The maximum atomic E-state index is 12.0. The zero-order chi connectivity index (χ0) is 18.5. The van der Waals surface area contributed by atoms with Crippen LogP contribution in [-0.4, -0.2) is 39.2 Å². The number of nitrogens with one attached hydrogen (secondary N) is 2. The fraction of sp³-hybridized carbons (Fsp3) is 0.263. The summed E-state index contributed by atoms with van der Waals surface area (Å²) in [6.45, 7) is 0.539. The summed E-state index contributed by atoms with van der Waals surface area (Å²) in [4.78, 5) is 25.9. The van der Waals surface area contributed by atoms with Crippen molar-refractivity contribution in [2.75, 3.05) is 37.6 Å². The Morgan fingerprint density at radius 1 is 1.00 bits per heavy atom. The predicted molar refractivity (Wildman–Crippen MR) is 98.7 cm³/mol. The number of hydrogen-bond donors (Lipinski definition) is 2. The first-order valence-electron chi connectivity index (χ1n) is 8.28. The molecular formula is C19H21N3O4. The van der Waals surface area contributed by atoms with Crippen LogP contribution in [-0.2, 0) is 16.0 Å². The lowest BCUT2D eigenvalue weighted by molar-refractivity contribution is -0.136. The SMILES string of the molecule is CN(C)c1ccc(CCNC(=O)C(=O)Nc2ccc3c(c2)OCO3)cc1. The highest BCUT2D eigenvalue weighted by Crippen LogP contribution is 2.34. The fourth-order valence-corrected chi connectivity index (χ4v) is 2.52. The third-order valence-corrected chi connectivity index (χ3v) is 3.99. The minimum atomic E-state index is -0.716. The van der Waals surface area contributed by atoms with Gasteiger partial charge in [0.25, 0.3) is 0 Å². The zero-order valence-corrected chi connectivity index (χ0v) is 14.7. The van der Waals surface area contributed by atoms with E-state index in [1.54, 1.807) is 18.2 Å². The lowest BCUT2D eigenvalue weighted by Crippen LogP contribution is -2.36. The third-order valence-electron chi connectivity index (χ3n) is 3.99. The van der Waals surface area contributed by atoms with Crippen LogP contribution in [0.15, 0.2) is 42.5 Å². The Bertz CT molecular complexity index is 803. The monoisotopic (exact) mass is 355 g/mol. The molecule has 0 spiro atoms. The van der Waals surface area contributed by atoms with Crippen molar-refractivity contribution in [2.45, 2.75) is 6.42 Å². The van der Waals surface area contributed by atoms with Gasteiger partial charge in [0.1, 0.15) is 0 Å². The van der Waals surface area contributed by atoms with E-state index in [2.05, 4.69) is 10.6 Å². The number of carbonyl (C=O) groups is 2. The predicted octanol–water partition coefficient (Wildman–Crippen LogP) is 1.78. The molecule has 7 heteroatoms. The molecule has 3 rings (SSSR count). The van der Waals surface area contributed by atoms with Crippen molar-refractivity contribution in [1.29, 1.82) is 0 Å². The molecule has 0 saturated heterocycles. The van der Waals surface area contributed by atoms with Gasteiger partial charge < -0.3 is 25.0 Å². The molecule has 0 aromatic heterocycles. The third kappa shape index (κ3) is 4.24. The van der Waals surface area contributed by atoms with Crippen LogP contribution in [0.3, 0.4) is 0 Å². The molecular weight excluding hydrogens is 334 g/mol. The molecule has 2 amide bonds. The van der Waals surface area contributed by atoms with Crippen molar-refractivity contribution < 1.29 is 19.1 Å². The summed E-state index contributed by atoms with van der Waals surface area (Å²) in [5, 5.41) is 5.17. The average Bonchev–Trinajstić information content (AvgIpc) is 3.09. The Morgan fingerprint density at radius 2 is 1.73 bits per heavy atom. The molecule has 1 aliphatic heterocycles. The number of hydrogen-bond acceptors (Lipinski definition) is 5. The Morgan fingerprint density at radius 3 is 2.46 bits per heavy atom. The summed E-state index contributed by atoms with van der Waals surface area (Å²) in [6.07, 6.45) is 0.650. The second-order valence-electron chi connectivity index (χ2n) is 6.09. The molecule has 0 fully saturated rings. The van der Waals surface area contributed by atoms with Gasteiger partial charge in [-0.05, 0) is 36.2 Å². The molecule has 0 unspecified atom stereocenters. The van der Waals surface area contributed by atoms with E-state index in [0.717, 1.165) is 11.3 Å². The molecule has 0 radical (unpaired) electrons. The van der Waals surface area contributed by atoms with E-state index in [4.69, 9.17) is 9.47 Å². The molecule has 0 bridgehead atoms. The molecule has 0 atom stereocenters.